The average Bonchev–Trinajstić information content (AvgIpc) is 2.62. The quantitative estimate of drug-likeness (QED) is 0.704. The molecule has 0 amide bonds. The Morgan fingerprint density at radius 3 is 2.64 bits per heavy atom. The highest BCUT2D eigenvalue weighted by atomic mass is 35.5. The number of hydrogen-bond acceptors (Lipinski definition) is 4. The molecule has 0 fully saturated rings. The molecule has 0 aliphatic carbocycles. The molecule has 0 aromatic heterocycles. The summed E-state index contributed by atoms with van der Waals surface area (Å²) in [6, 6.07) is 11.9. The lowest BCUT2D eigenvalue weighted by Gasteiger charge is -2.17. The summed E-state index contributed by atoms with van der Waals surface area (Å²) in [5.74, 6) is 1.15. The van der Waals surface area contributed by atoms with Crippen molar-refractivity contribution in [2.24, 2.45) is 0 Å². The number of aliphatic hydroxyl groups excluding tert-OH is 1. The maximum atomic E-state index is 9.27. The van der Waals surface area contributed by atoms with Crippen molar-refractivity contribution in [1.82, 2.24) is 5.32 Å². The van der Waals surface area contributed by atoms with Crippen molar-refractivity contribution in [3.8, 4) is 11.5 Å². The second-order valence-electron chi connectivity index (χ2n) is 5.99. The average molecular weight is 364 g/mol. The Labute approximate surface area is 154 Å². The molecule has 0 saturated heterocycles. The van der Waals surface area contributed by atoms with E-state index in [9.17, 15) is 5.11 Å². The van der Waals surface area contributed by atoms with Crippen LogP contribution in [0.5, 0.6) is 11.5 Å². The van der Waals surface area contributed by atoms with Gasteiger partial charge in [0.2, 0.25) is 0 Å². The van der Waals surface area contributed by atoms with Gasteiger partial charge in [-0.2, -0.15) is 0 Å². The van der Waals surface area contributed by atoms with Crippen LogP contribution in [-0.2, 0) is 13.2 Å². The Balaban J connectivity index is 2.12. The van der Waals surface area contributed by atoms with Crippen molar-refractivity contribution in [2.75, 3.05) is 13.7 Å². The fourth-order valence-electron chi connectivity index (χ4n) is 2.54. The molecule has 2 aromatic carbocycles. The van der Waals surface area contributed by atoms with Crippen molar-refractivity contribution in [2.45, 2.75) is 39.5 Å². The van der Waals surface area contributed by atoms with Crippen LogP contribution in [0, 0.1) is 6.92 Å². The van der Waals surface area contributed by atoms with Crippen LogP contribution < -0.4 is 14.8 Å². The number of rotatable bonds is 9. The first kappa shape index (κ1) is 19.6. The molecule has 0 radical (unpaired) electrons. The number of ether oxygens (including phenoxy) is 2. The van der Waals surface area contributed by atoms with Gasteiger partial charge in [-0.25, -0.2) is 0 Å². The number of aryl methyl sites for hydroxylation is 1. The summed E-state index contributed by atoms with van der Waals surface area (Å²) in [6.45, 7) is 5.23. The van der Waals surface area contributed by atoms with Gasteiger partial charge in [0.25, 0.3) is 0 Å². The molecule has 5 heteroatoms. The third-order valence-corrected chi connectivity index (χ3v) is 4.51. The molecule has 25 heavy (non-hydrogen) atoms. The summed E-state index contributed by atoms with van der Waals surface area (Å²) in [7, 11) is 1.60. The first-order chi connectivity index (χ1) is 12.1. The minimum Gasteiger partial charge on any atom is -0.493 e. The van der Waals surface area contributed by atoms with Crippen molar-refractivity contribution in [3.05, 3.63) is 58.1 Å². The highest BCUT2D eigenvalue weighted by Crippen LogP contribution is 2.37. The molecule has 1 unspecified atom stereocenters. The molecule has 4 nitrogen and oxygen atoms in total. The number of methoxy groups -OCH3 is 1. The first-order valence-electron chi connectivity index (χ1n) is 8.47. The molecule has 0 aliphatic rings. The molecule has 1 atom stereocenters. The van der Waals surface area contributed by atoms with E-state index in [1.165, 1.54) is 5.56 Å². The molecule has 0 heterocycles. The highest BCUT2D eigenvalue weighted by Gasteiger charge is 2.13. The van der Waals surface area contributed by atoms with E-state index in [2.05, 4.69) is 18.3 Å². The third-order valence-electron chi connectivity index (χ3n) is 4.23. The molecule has 0 aliphatic heterocycles. The normalized spacial score (nSPS) is 12.0. The van der Waals surface area contributed by atoms with Crippen molar-refractivity contribution in [3.63, 3.8) is 0 Å². The lowest BCUT2D eigenvalue weighted by Crippen LogP contribution is -2.31. The monoisotopic (exact) mass is 363 g/mol. The minimum absolute atomic E-state index is 0.0711. The minimum atomic E-state index is 0.0711. The highest BCUT2D eigenvalue weighted by molar-refractivity contribution is 6.32. The Bertz CT molecular complexity index is 687. The Kier molecular flexibility index (Phi) is 7.56. The summed E-state index contributed by atoms with van der Waals surface area (Å²) in [6.07, 6.45) is 0.860. The Morgan fingerprint density at radius 2 is 2.00 bits per heavy atom. The van der Waals surface area contributed by atoms with Crippen LogP contribution in [0.4, 0.5) is 0 Å². The van der Waals surface area contributed by atoms with Crippen LogP contribution in [0.3, 0.4) is 0 Å². The van der Waals surface area contributed by atoms with Crippen LogP contribution in [-0.4, -0.2) is 24.9 Å². The van der Waals surface area contributed by atoms with Gasteiger partial charge in [-0.3, -0.25) is 0 Å². The van der Waals surface area contributed by atoms with E-state index in [-0.39, 0.29) is 12.6 Å². The van der Waals surface area contributed by atoms with Gasteiger partial charge in [0.05, 0.1) is 18.7 Å². The zero-order chi connectivity index (χ0) is 18.2. The number of nitrogens with one attached hydrogen (secondary N) is 1. The molecular formula is C20H26ClNO3. The van der Waals surface area contributed by atoms with Crippen LogP contribution in [0.15, 0.2) is 36.4 Å². The second kappa shape index (κ2) is 9.66. The number of benzene rings is 2. The number of halogens is 1. The molecule has 2 N–H and O–H groups in total. The second-order valence-corrected chi connectivity index (χ2v) is 6.40. The van der Waals surface area contributed by atoms with Crippen LogP contribution in [0.2, 0.25) is 5.02 Å². The van der Waals surface area contributed by atoms with Gasteiger partial charge in [0.15, 0.2) is 11.5 Å². The fourth-order valence-corrected chi connectivity index (χ4v) is 2.83. The summed E-state index contributed by atoms with van der Waals surface area (Å²) in [5.41, 5.74) is 3.27. The van der Waals surface area contributed by atoms with Gasteiger partial charge in [-0.05, 0) is 42.2 Å². The summed E-state index contributed by atoms with van der Waals surface area (Å²) in [4.78, 5) is 0. The zero-order valence-electron chi connectivity index (χ0n) is 15.0. The first-order valence-corrected chi connectivity index (χ1v) is 8.84. The molecule has 0 spiro atoms. The predicted molar refractivity (Wildman–Crippen MR) is 102 cm³/mol. The van der Waals surface area contributed by atoms with Gasteiger partial charge >= 0.3 is 0 Å². The standard InChI is InChI=1S/C20H26ClNO3/c1-4-17(12-23)22-11-15-9-18(21)20(19(10-15)24-3)25-13-16-8-6-5-7-14(16)2/h5-10,17,22-23H,4,11-13H2,1-3H3. The van der Waals surface area contributed by atoms with E-state index >= 15 is 0 Å². The lowest BCUT2D eigenvalue weighted by atomic mass is 10.1. The van der Waals surface area contributed by atoms with Crippen molar-refractivity contribution in [1.29, 1.82) is 0 Å². The van der Waals surface area contributed by atoms with Crippen molar-refractivity contribution >= 4 is 11.6 Å². The molecule has 0 saturated carbocycles. The summed E-state index contributed by atoms with van der Waals surface area (Å²) >= 11 is 6.42. The van der Waals surface area contributed by atoms with Gasteiger partial charge < -0.3 is 19.9 Å². The van der Waals surface area contributed by atoms with E-state index in [4.69, 9.17) is 21.1 Å². The van der Waals surface area contributed by atoms with E-state index < -0.39 is 0 Å². The number of hydrogen-bond donors (Lipinski definition) is 2. The largest absolute Gasteiger partial charge is 0.493 e. The van der Waals surface area contributed by atoms with Crippen LogP contribution >= 0.6 is 11.6 Å². The van der Waals surface area contributed by atoms with E-state index in [0.717, 1.165) is 17.5 Å². The molecule has 136 valence electrons. The molecule has 0 bridgehead atoms. The van der Waals surface area contributed by atoms with Gasteiger partial charge in [0, 0.05) is 12.6 Å². The van der Waals surface area contributed by atoms with Crippen LogP contribution in [0.1, 0.15) is 30.0 Å². The molecule has 2 rings (SSSR count). The van der Waals surface area contributed by atoms with Crippen LogP contribution in [0.25, 0.3) is 0 Å². The third kappa shape index (κ3) is 5.36. The Hall–Kier alpha value is -1.75. The lowest BCUT2D eigenvalue weighted by molar-refractivity contribution is 0.238. The molecular weight excluding hydrogens is 338 g/mol. The smallest absolute Gasteiger partial charge is 0.180 e. The van der Waals surface area contributed by atoms with E-state index in [1.54, 1.807) is 7.11 Å². The summed E-state index contributed by atoms with van der Waals surface area (Å²) < 4.78 is 11.4. The maximum absolute atomic E-state index is 9.27. The predicted octanol–water partition coefficient (Wildman–Crippen LogP) is 4.10. The van der Waals surface area contributed by atoms with E-state index in [0.29, 0.717) is 29.7 Å². The van der Waals surface area contributed by atoms with Gasteiger partial charge in [-0.1, -0.05) is 42.8 Å². The number of aliphatic hydroxyl groups is 1. The Morgan fingerprint density at radius 1 is 1.24 bits per heavy atom. The summed E-state index contributed by atoms with van der Waals surface area (Å²) in [5, 5.41) is 13.1. The van der Waals surface area contributed by atoms with Crippen molar-refractivity contribution < 1.29 is 14.6 Å². The van der Waals surface area contributed by atoms with Gasteiger partial charge in [-0.15, -0.1) is 0 Å². The maximum Gasteiger partial charge on any atom is 0.180 e. The van der Waals surface area contributed by atoms with E-state index in [1.807, 2.05) is 37.3 Å². The fraction of sp³-hybridized carbons (Fsp3) is 0.400. The topological polar surface area (TPSA) is 50.7 Å². The molecule has 2 aromatic rings. The SMILES string of the molecule is CCC(CO)NCc1cc(Cl)c(OCc2ccccc2C)c(OC)c1. The van der Waals surface area contributed by atoms with Gasteiger partial charge in [0.1, 0.15) is 6.61 Å². The zero-order valence-corrected chi connectivity index (χ0v) is 15.8.